The molecule has 3 heteroatoms. The van der Waals surface area contributed by atoms with Crippen molar-refractivity contribution in [2.24, 2.45) is 0 Å². The molecule has 0 saturated heterocycles. The predicted octanol–water partition coefficient (Wildman–Crippen LogP) is 2.47. The molecule has 15 heavy (non-hydrogen) atoms. The molecule has 0 spiro atoms. The molecule has 1 amide bonds. The normalized spacial score (nSPS) is 10.0. The van der Waals surface area contributed by atoms with E-state index >= 15 is 0 Å². The Bertz CT molecular complexity index is 300. The van der Waals surface area contributed by atoms with Crippen molar-refractivity contribution in [3.63, 3.8) is 0 Å². The molecule has 1 aromatic carbocycles. The van der Waals surface area contributed by atoms with Gasteiger partial charge in [0.25, 0.3) is 0 Å². The fraction of sp³-hybridized carbons (Fsp3) is 0.417. The Morgan fingerprint density at radius 1 is 1.33 bits per heavy atom. The summed E-state index contributed by atoms with van der Waals surface area (Å²) in [5, 5.41) is 0.738. The molecular formula is C12H16BrNO. The van der Waals surface area contributed by atoms with E-state index in [1.54, 1.807) is 4.90 Å². The molecule has 0 atom stereocenters. The van der Waals surface area contributed by atoms with E-state index in [0.717, 1.165) is 18.3 Å². The van der Waals surface area contributed by atoms with E-state index in [0.29, 0.717) is 6.42 Å². The first-order valence-electron chi connectivity index (χ1n) is 5.08. The Morgan fingerprint density at radius 2 is 2.00 bits per heavy atom. The summed E-state index contributed by atoms with van der Waals surface area (Å²) in [7, 11) is 1.86. The maximum absolute atomic E-state index is 11.5. The van der Waals surface area contributed by atoms with Crippen LogP contribution in [-0.2, 0) is 11.2 Å². The summed E-state index contributed by atoms with van der Waals surface area (Å²) in [4.78, 5) is 13.2. The number of benzene rings is 1. The Labute approximate surface area is 99.4 Å². The molecule has 0 fully saturated rings. The number of halogens is 1. The van der Waals surface area contributed by atoms with Crippen molar-refractivity contribution in [1.82, 2.24) is 4.90 Å². The molecule has 0 heterocycles. The second-order valence-corrected chi connectivity index (χ2v) is 4.28. The van der Waals surface area contributed by atoms with Gasteiger partial charge < -0.3 is 4.90 Å². The van der Waals surface area contributed by atoms with Gasteiger partial charge in [0.1, 0.15) is 0 Å². The van der Waals surface area contributed by atoms with Gasteiger partial charge in [0, 0.05) is 25.3 Å². The van der Waals surface area contributed by atoms with Crippen molar-refractivity contribution in [3.8, 4) is 0 Å². The zero-order chi connectivity index (χ0) is 11.1. The molecule has 82 valence electrons. The standard InChI is InChI=1S/C12H16BrNO/c1-14(12(15)7-9-13)10-8-11-5-3-2-4-6-11/h2-6H,7-10H2,1H3. The summed E-state index contributed by atoms with van der Waals surface area (Å²) in [6.07, 6.45) is 1.50. The van der Waals surface area contributed by atoms with Gasteiger partial charge in [-0.25, -0.2) is 0 Å². The number of hydrogen-bond acceptors (Lipinski definition) is 1. The van der Waals surface area contributed by atoms with Crippen LogP contribution in [0.2, 0.25) is 0 Å². The van der Waals surface area contributed by atoms with Gasteiger partial charge in [0.05, 0.1) is 0 Å². The number of likely N-dealkylation sites (N-methyl/N-ethyl adjacent to an activating group) is 1. The highest BCUT2D eigenvalue weighted by atomic mass is 79.9. The highest BCUT2D eigenvalue weighted by Gasteiger charge is 2.06. The largest absolute Gasteiger partial charge is 0.345 e. The highest BCUT2D eigenvalue weighted by Crippen LogP contribution is 2.02. The van der Waals surface area contributed by atoms with Crippen molar-refractivity contribution < 1.29 is 4.79 Å². The lowest BCUT2D eigenvalue weighted by Gasteiger charge is -2.16. The lowest BCUT2D eigenvalue weighted by atomic mass is 10.1. The predicted molar refractivity (Wildman–Crippen MR) is 66.2 cm³/mol. The molecule has 0 radical (unpaired) electrons. The van der Waals surface area contributed by atoms with Crippen molar-refractivity contribution in [1.29, 1.82) is 0 Å². The number of alkyl halides is 1. The Morgan fingerprint density at radius 3 is 2.60 bits per heavy atom. The van der Waals surface area contributed by atoms with Gasteiger partial charge >= 0.3 is 0 Å². The van der Waals surface area contributed by atoms with Crippen molar-refractivity contribution >= 4 is 21.8 Å². The second kappa shape index (κ2) is 6.62. The van der Waals surface area contributed by atoms with Gasteiger partial charge in [-0.05, 0) is 12.0 Å². The molecule has 0 aromatic heterocycles. The third-order valence-corrected chi connectivity index (χ3v) is 2.71. The minimum atomic E-state index is 0.197. The molecule has 1 rings (SSSR count). The first-order valence-corrected chi connectivity index (χ1v) is 6.20. The monoisotopic (exact) mass is 269 g/mol. The number of amides is 1. The van der Waals surface area contributed by atoms with Crippen LogP contribution < -0.4 is 0 Å². The molecule has 0 aliphatic rings. The van der Waals surface area contributed by atoms with Gasteiger partial charge in [-0.2, -0.15) is 0 Å². The second-order valence-electron chi connectivity index (χ2n) is 3.49. The van der Waals surface area contributed by atoms with Crippen LogP contribution in [0, 0.1) is 0 Å². The van der Waals surface area contributed by atoms with Gasteiger partial charge in [-0.1, -0.05) is 46.3 Å². The van der Waals surface area contributed by atoms with Crippen molar-refractivity contribution in [2.45, 2.75) is 12.8 Å². The van der Waals surface area contributed by atoms with Crippen LogP contribution in [0.15, 0.2) is 30.3 Å². The van der Waals surface area contributed by atoms with E-state index in [1.807, 2.05) is 25.2 Å². The third kappa shape index (κ3) is 4.47. The van der Waals surface area contributed by atoms with Crippen molar-refractivity contribution in [2.75, 3.05) is 18.9 Å². The summed E-state index contributed by atoms with van der Waals surface area (Å²) >= 11 is 3.27. The topological polar surface area (TPSA) is 20.3 Å². The number of carbonyl (C=O) groups is 1. The average molecular weight is 270 g/mol. The Balaban J connectivity index is 2.34. The maximum Gasteiger partial charge on any atom is 0.223 e. The SMILES string of the molecule is CN(CCc1ccccc1)C(=O)CCBr. The van der Waals surface area contributed by atoms with E-state index < -0.39 is 0 Å². The van der Waals surface area contributed by atoms with Crippen LogP contribution in [0.4, 0.5) is 0 Å². The molecule has 0 N–H and O–H groups in total. The van der Waals surface area contributed by atoms with Gasteiger partial charge in [0.15, 0.2) is 0 Å². The Kier molecular flexibility index (Phi) is 5.40. The molecule has 2 nitrogen and oxygen atoms in total. The maximum atomic E-state index is 11.5. The quantitative estimate of drug-likeness (QED) is 0.753. The molecular weight excluding hydrogens is 254 g/mol. The summed E-state index contributed by atoms with van der Waals surface area (Å²) in [6.45, 7) is 0.788. The first kappa shape index (κ1) is 12.2. The lowest BCUT2D eigenvalue weighted by Crippen LogP contribution is -2.28. The highest BCUT2D eigenvalue weighted by molar-refractivity contribution is 9.09. The van der Waals surface area contributed by atoms with Crippen LogP contribution in [-0.4, -0.2) is 29.7 Å². The lowest BCUT2D eigenvalue weighted by molar-refractivity contribution is -0.129. The van der Waals surface area contributed by atoms with Crippen LogP contribution in [0.25, 0.3) is 0 Å². The fourth-order valence-electron chi connectivity index (χ4n) is 1.34. The van der Waals surface area contributed by atoms with E-state index in [-0.39, 0.29) is 5.91 Å². The number of hydrogen-bond donors (Lipinski definition) is 0. The summed E-state index contributed by atoms with van der Waals surface area (Å²) in [5.74, 6) is 0.197. The zero-order valence-corrected chi connectivity index (χ0v) is 10.5. The molecule has 0 aliphatic heterocycles. The van der Waals surface area contributed by atoms with E-state index in [4.69, 9.17) is 0 Å². The van der Waals surface area contributed by atoms with Crippen LogP contribution >= 0.6 is 15.9 Å². The number of rotatable bonds is 5. The summed E-state index contributed by atoms with van der Waals surface area (Å²) in [5.41, 5.74) is 1.27. The molecule has 0 bridgehead atoms. The average Bonchev–Trinajstić information content (AvgIpc) is 2.27. The van der Waals surface area contributed by atoms with Gasteiger partial charge in [0.2, 0.25) is 5.91 Å². The van der Waals surface area contributed by atoms with Gasteiger partial charge in [-0.15, -0.1) is 0 Å². The van der Waals surface area contributed by atoms with Gasteiger partial charge in [-0.3, -0.25) is 4.79 Å². The number of nitrogens with zero attached hydrogens (tertiary/aromatic N) is 1. The molecule has 1 aromatic rings. The minimum Gasteiger partial charge on any atom is -0.345 e. The van der Waals surface area contributed by atoms with Crippen molar-refractivity contribution in [3.05, 3.63) is 35.9 Å². The first-order chi connectivity index (χ1) is 7.24. The summed E-state index contributed by atoms with van der Waals surface area (Å²) in [6, 6.07) is 10.2. The van der Waals surface area contributed by atoms with Crippen LogP contribution in [0.5, 0.6) is 0 Å². The minimum absolute atomic E-state index is 0.197. The smallest absolute Gasteiger partial charge is 0.223 e. The van der Waals surface area contributed by atoms with Crippen LogP contribution in [0.3, 0.4) is 0 Å². The van der Waals surface area contributed by atoms with E-state index in [2.05, 4.69) is 28.1 Å². The summed E-state index contributed by atoms with van der Waals surface area (Å²) < 4.78 is 0. The molecule has 0 aliphatic carbocycles. The van der Waals surface area contributed by atoms with E-state index in [9.17, 15) is 4.79 Å². The molecule has 0 unspecified atom stereocenters. The Hall–Kier alpha value is -0.830. The fourth-order valence-corrected chi connectivity index (χ4v) is 1.68. The van der Waals surface area contributed by atoms with Crippen LogP contribution in [0.1, 0.15) is 12.0 Å². The van der Waals surface area contributed by atoms with E-state index in [1.165, 1.54) is 5.56 Å². The third-order valence-electron chi connectivity index (χ3n) is 2.31. The number of carbonyl (C=O) groups excluding carboxylic acids is 1. The zero-order valence-electron chi connectivity index (χ0n) is 8.95. The molecule has 0 saturated carbocycles.